The van der Waals surface area contributed by atoms with Gasteiger partial charge >= 0.3 is 0 Å². The maximum atomic E-state index is 6.08. The van der Waals surface area contributed by atoms with Crippen LogP contribution >= 0.6 is 11.6 Å². The van der Waals surface area contributed by atoms with Crippen molar-refractivity contribution in [2.75, 3.05) is 6.54 Å². The molecule has 2 N–H and O–H groups in total. The molecule has 1 aliphatic rings. The van der Waals surface area contributed by atoms with Gasteiger partial charge in [-0.3, -0.25) is 0 Å². The summed E-state index contributed by atoms with van der Waals surface area (Å²) in [5.74, 6) is 0.530. The first-order valence-corrected chi connectivity index (χ1v) is 6.24. The molecule has 88 valence electrons. The second-order valence-electron chi connectivity index (χ2n) is 4.37. The summed E-state index contributed by atoms with van der Waals surface area (Å²) in [7, 11) is 0. The Morgan fingerprint density at radius 3 is 2.88 bits per heavy atom. The summed E-state index contributed by atoms with van der Waals surface area (Å²) >= 11 is 6.08. The van der Waals surface area contributed by atoms with Crippen molar-refractivity contribution in [3.05, 3.63) is 34.9 Å². The van der Waals surface area contributed by atoms with E-state index in [4.69, 9.17) is 22.1 Å². The topological polar surface area (TPSA) is 35.2 Å². The second-order valence-corrected chi connectivity index (χ2v) is 4.77. The van der Waals surface area contributed by atoms with Crippen molar-refractivity contribution in [1.82, 2.24) is 0 Å². The quantitative estimate of drug-likeness (QED) is 0.877. The van der Waals surface area contributed by atoms with E-state index in [1.165, 1.54) is 12.8 Å². The fraction of sp³-hybridized carbons (Fsp3) is 0.538. The summed E-state index contributed by atoms with van der Waals surface area (Å²) in [6, 6.07) is 7.83. The van der Waals surface area contributed by atoms with Crippen LogP contribution in [0.4, 0.5) is 0 Å². The highest BCUT2D eigenvalue weighted by atomic mass is 35.5. The minimum Gasteiger partial charge on any atom is -0.373 e. The highest BCUT2D eigenvalue weighted by Gasteiger charge is 2.26. The molecular weight excluding hydrogens is 222 g/mol. The van der Waals surface area contributed by atoms with Gasteiger partial charge in [-0.2, -0.15) is 0 Å². The van der Waals surface area contributed by atoms with Crippen molar-refractivity contribution in [2.45, 2.75) is 32.0 Å². The summed E-state index contributed by atoms with van der Waals surface area (Å²) in [5.41, 5.74) is 6.78. The Hall–Kier alpha value is -0.570. The van der Waals surface area contributed by atoms with Crippen LogP contribution in [0.3, 0.4) is 0 Å². The molecule has 0 aliphatic heterocycles. The van der Waals surface area contributed by atoms with Crippen molar-refractivity contribution in [3.8, 4) is 0 Å². The van der Waals surface area contributed by atoms with Gasteiger partial charge in [0, 0.05) is 5.02 Å². The van der Waals surface area contributed by atoms with E-state index in [2.05, 4.69) is 0 Å². The smallest absolute Gasteiger partial charge is 0.0735 e. The largest absolute Gasteiger partial charge is 0.373 e. The molecule has 2 rings (SSSR count). The van der Waals surface area contributed by atoms with Crippen LogP contribution in [0.15, 0.2) is 24.3 Å². The van der Waals surface area contributed by atoms with Crippen molar-refractivity contribution in [2.24, 2.45) is 11.7 Å². The maximum Gasteiger partial charge on any atom is 0.0735 e. The Labute approximate surface area is 102 Å². The Balaban J connectivity index is 1.90. The summed E-state index contributed by atoms with van der Waals surface area (Å²) in [6.07, 6.45) is 3.88. The molecule has 2 unspecified atom stereocenters. The van der Waals surface area contributed by atoms with Gasteiger partial charge in [0.15, 0.2) is 0 Å². The summed E-state index contributed by atoms with van der Waals surface area (Å²) in [6.45, 7) is 1.33. The minimum atomic E-state index is 0.321. The Kier molecular flexibility index (Phi) is 4.22. The molecule has 0 aromatic heterocycles. The fourth-order valence-corrected chi connectivity index (χ4v) is 2.49. The van der Waals surface area contributed by atoms with Crippen LogP contribution in [0.25, 0.3) is 0 Å². The van der Waals surface area contributed by atoms with Crippen LogP contribution in [0, 0.1) is 5.92 Å². The average molecular weight is 240 g/mol. The number of hydrogen-bond donors (Lipinski definition) is 1. The fourth-order valence-electron chi connectivity index (χ4n) is 2.30. The van der Waals surface area contributed by atoms with Gasteiger partial charge in [0.25, 0.3) is 0 Å². The maximum absolute atomic E-state index is 6.08. The van der Waals surface area contributed by atoms with Crippen LogP contribution in [0.1, 0.15) is 24.8 Å². The average Bonchev–Trinajstić information content (AvgIpc) is 2.75. The van der Waals surface area contributed by atoms with Crippen LogP contribution in [0.5, 0.6) is 0 Å². The van der Waals surface area contributed by atoms with E-state index in [-0.39, 0.29) is 0 Å². The van der Waals surface area contributed by atoms with E-state index < -0.39 is 0 Å². The monoisotopic (exact) mass is 239 g/mol. The van der Waals surface area contributed by atoms with Crippen LogP contribution in [0.2, 0.25) is 5.02 Å². The predicted molar refractivity (Wildman–Crippen MR) is 66.4 cm³/mol. The highest BCUT2D eigenvalue weighted by molar-refractivity contribution is 6.31. The number of benzene rings is 1. The first kappa shape index (κ1) is 11.9. The number of nitrogens with two attached hydrogens (primary N) is 1. The summed E-state index contributed by atoms with van der Waals surface area (Å²) in [5, 5.41) is 0.782. The molecule has 0 bridgehead atoms. The zero-order valence-electron chi connectivity index (χ0n) is 9.36. The van der Waals surface area contributed by atoms with Crippen molar-refractivity contribution in [3.63, 3.8) is 0 Å². The van der Waals surface area contributed by atoms with E-state index in [0.717, 1.165) is 23.6 Å². The van der Waals surface area contributed by atoms with Gasteiger partial charge < -0.3 is 10.5 Å². The first-order valence-electron chi connectivity index (χ1n) is 5.86. The molecule has 0 saturated heterocycles. The Morgan fingerprint density at radius 2 is 2.12 bits per heavy atom. The van der Waals surface area contributed by atoms with E-state index in [1.807, 2.05) is 24.3 Å². The zero-order valence-corrected chi connectivity index (χ0v) is 10.1. The molecule has 2 atom stereocenters. The third-order valence-electron chi connectivity index (χ3n) is 3.30. The number of halogens is 1. The minimum absolute atomic E-state index is 0.321. The van der Waals surface area contributed by atoms with Gasteiger partial charge in [-0.25, -0.2) is 0 Å². The van der Waals surface area contributed by atoms with Crippen molar-refractivity contribution >= 4 is 11.6 Å². The molecule has 0 radical (unpaired) electrons. The molecule has 1 aromatic carbocycles. The van der Waals surface area contributed by atoms with Crippen LogP contribution in [-0.4, -0.2) is 12.6 Å². The summed E-state index contributed by atoms with van der Waals surface area (Å²) < 4.78 is 5.91. The SMILES string of the molecule is NCC1CCCC1OCc1ccccc1Cl. The molecule has 0 heterocycles. The molecular formula is C13H18ClNO. The van der Waals surface area contributed by atoms with Crippen LogP contribution < -0.4 is 5.73 Å². The van der Waals surface area contributed by atoms with E-state index in [9.17, 15) is 0 Å². The van der Waals surface area contributed by atoms with Gasteiger partial charge in [0.1, 0.15) is 0 Å². The third kappa shape index (κ3) is 2.76. The Morgan fingerprint density at radius 1 is 1.31 bits per heavy atom. The van der Waals surface area contributed by atoms with Crippen LogP contribution in [-0.2, 0) is 11.3 Å². The normalized spacial score (nSPS) is 24.9. The van der Waals surface area contributed by atoms with Gasteiger partial charge in [0.2, 0.25) is 0 Å². The van der Waals surface area contributed by atoms with Gasteiger partial charge in [-0.1, -0.05) is 36.2 Å². The standard InChI is InChI=1S/C13H18ClNO/c14-12-6-2-1-4-11(12)9-16-13-7-3-5-10(13)8-15/h1-2,4,6,10,13H,3,5,7-9,15H2. The second kappa shape index (κ2) is 5.67. The summed E-state index contributed by atoms with van der Waals surface area (Å²) in [4.78, 5) is 0. The molecule has 1 saturated carbocycles. The molecule has 0 spiro atoms. The lowest BCUT2D eigenvalue weighted by atomic mass is 10.1. The number of ether oxygens (including phenoxy) is 1. The Bertz CT molecular complexity index is 342. The molecule has 1 aromatic rings. The molecule has 3 heteroatoms. The molecule has 16 heavy (non-hydrogen) atoms. The first-order chi connectivity index (χ1) is 7.81. The highest BCUT2D eigenvalue weighted by Crippen LogP contribution is 2.28. The third-order valence-corrected chi connectivity index (χ3v) is 3.67. The molecule has 0 amide bonds. The van der Waals surface area contributed by atoms with E-state index >= 15 is 0 Å². The lowest BCUT2D eigenvalue weighted by Gasteiger charge is -2.18. The molecule has 2 nitrogen and oxygen atoms in total. The van der Waals surface area contributed by atoms with E-state index in [1.54, 1.807) is 0 Å². The van der Waals surface area contributed by atoms with Crippen molar-refractivity contribution < 1.29 is 4.74 Å². The molecule has 1 fully saturated rings. The van der Waals surface area contributed by atoms with Crippen molar-refractivity contribution in [1.29, 1.82) is 0 Å². The zero-order chi connectivity index (χ0) is 11.4. The number of rotatable bonds is 4. The van der Waals surface area contributed by atoms with E-state index in [0.29, 0.717) is 18.6 Å². The van der Waals surface area contributed by atoms with Gasteiger partial charge in [0.05, 0.1) is 12.7 Å². The lowest BCUT2D eigenvalue weighted by molar-refractivity contribution is 0.0183. The lowest BCUT2D eigenvalue weighted by Crippen LogP contribution is -2.25. The predicted octanol–water partition coefficient (Wildman–Crippen LogP) is 2.98. The van der Waals surface area contributed by atoms with Gasteiger partial charge in [-0.15, -0.1) is 0 Å². The molecule has 1 aliphatic carbocycles. The number of hydrogen-bond acceptors (Lipinski definition) is 2. The van der Waals surface area contributed by atoms with Gasteiger partial charge in [-0.05, 0) is 36.9 Å².